The van der Waals surface area contributed by atoms with Crippen molar-refractivity contribution in [3.63, 3.8) is 0 Å². The van der Waals surface area contributed by atoms with Gasteiger partial charge in [-0.3, -0.25) is 9.36 Å². The number of carbonyl (C=O) groups excluding carboxylic acids is 1. The Bertz CT molecular complexity index is 654. The van der Waals surface area contributed by atoms with Gasteiger partial charge in [0.1, 0.15) is 12.1 Å². The summed E-state index contributed by atoms with van der Waals surface area (Å²) in [4.78, 5) is 20.8. The number of nitrogens with one attached hydrogen (secondary N) is 1. The van der Waals surface area contributed by atoms with E-state index in [2.05, 4.69) is 29.1 Å². The highest BCUT2D eigenvalue weighted by Crippen LogP contribution is 2.20. The first-order chi connectivity index (χ1) is 11.1. The number of amides is 1. The fourth-order valence-corrected chi connectivity index (χ4v) is 2.79. The highest BCUT2D eigenvalue weighted by molar-refractivity contribution is 5.94. The highest BCUT2D eigenvalue weighted by atomic mass is 16.5. The second kappa shape index (κ2) is 6.91. The fourth-order valence-electron chi connectivity index (χ4n) is 2.79. The Morgan fingerprint density at radius 3 is 3.04 bits per heavy atom. The zero-order valence-electron chi connectivity index (χ0n) is 13.5. The molecule has 2 atom stereocenters. The smallest absolute Gasteiger partial charge is 0.251 e. The molecule has 0 bridgehead atoms. The molecule has 1 fully saturated rings. The van der Waals surface area contributed by atoms with E-state index in [0.717, 1.165) is 12.8 Å². The molecule has 2 unspecified atom stereocenters. The van der Waals surface area contributed by atoms with Crippen molar-refractivity contribution in [1.82, 2.24) is 19.9 Å². The van der Waals surface area contributed by atoms with Gasteiger partial charge in [0.25, 0.3) is 5.91 Å². The largest absolute Gasteiger partial charge is 0.378 e. The first-order valence-corrected chi connectivity index (χ1v) is 8.00. The predicted molar refractivity (Wildman–Crippen MR) is 86.4 cm³/mol. The van der Waals surface area contributed by atoms with Gasteiger partial charge in [-0.2, -0.15) is 0 Å². The van der Waals surface area contributed by atoms with E-state index in [1.807, 2.05) is 0 Å². The van der Waals surface area contributed by atoms with Crippen molar-refractivity contribution in [2.24, 2.45) is 5.92 Å². The molecule has 3 heterocycles. The van der Waals surface area contributed by atoms with E-state index < -0.39 is 0 Å². The normalized spacial score (nSPS) is 21.3. The van der Waals surface area contributed by atoms with Crippen LogP contribution in [0.25, 0.3) is 5.82 Å². The molecule has 1 aliphatic rings. The van der Waals surface area contributed by atoms with Crippen molar-refractivity contribution in [1.29, 1.82) is 0 Å². The number of hydrogen-bond acceptors (Lipinski definition) is 4. The molecule has 2 aromatic rings. The molecule has 0 aromatic carbocycles. The number of imidazole rings is 1. The zero-order valence-corrected chi connectivity index (χ0v) is 13.5. The summed E-state index contributed by atoms with van der Waals surface area (Å²) in [6.45, 7) is 4.99. The molecule has 0 radical (unpaired) electrons. The van der Waals surface area contributed by atoms with E-state index in [1.165, 1.54) is 0 Å². The maximum Gasteiger partial charge on any atom is 0.251 e. The first kappa shape index (κ1) is 15.7. The fraction of sp³-hybridized carbons (Fsp3) is 0.471. The van der Waals surface area contributed by atoms with Gasteiger partial charge in [-0.1, -0.05) is 13.8 Å². The van der Waals surface area contributed by atoms with Crippen LogP contribution in [0, 0.1) is 5.92 Å². The number of hydrogen-bond donors (Lipinski definition) is 1. The van der Waals surface area contributed by atoms with Gasteiger partial charge in [0.15, 0.2) is 0 Å². The van der Waals surface area contributed by atoms with Crippen molar-refractivity contribution in [3.8, 4) is 5.82 Å². The maximum absolute atomic E-state index is 12.5. The maximum atomic E-state index is 12.5. The lowest BCUT2D eigenvalue weighted by Gasteiger charge is -2.32. The van der Waals surface area contributed by atoms with E-state index in [-0.39, 0.29) is 18.1 Å². The third-order valence-corrected chi connectivity index (χ3v) is 4.17. The van der Waals surface area contributed by atoms with Crippen LogP contribution in [0.1, 0.15) is 37.0 Å². The second-order valence-corrected chi connectivity index (χ2v) is 6.22. The van der Waals surface area contributed by atoms with Gasteiger partial charge in [-0.05, 0) is 30.9 Å². The molecule has 0 spiro atoms. The summed E-state index contributed by atoms with van der Waals surface area (Å²) < 4.78 is 7.53. The van der Waals surface area contributed by atoms with Crippen LogP contribution in [0.3, 0.4) is 0 Å². The van der Waals surface area contributed by atoms with Crippen molar-refractivity contribution in [2.45, 2.75) is 38.8 Å². The van der Waals surface area contributed by atoms with E-state index in [0.29, 0.717) is 23.9 Å². The lowest BCUT2D eigenvalue weighted by Crippen LogP contribution is -2.43. The number of ether oxygens (including phenoxy) is 1. The van der Waals surface area contributed by atoms with Crippen LogP contribution in [0.4, 0.5) is 0 Å². The van der Waals surface area contributed by atoms with Gasteiger partial charge >= 0.3 is 0 Å². The second-order valence-electron chi connectivity index (χ2n) is 6.22. The van der Waals surface area contributed by atoms with Crippen molar-refractivity contribution in [3.05, 3.63) is 42.6 Å². The van der Waals surface area contributed by atoms with Gasteiger partial charge in [0.2, 0.25) is 0 Å². The molecule has 0 aliphatic carbocycles. The van der Waals surface area contributed by atoms with Gasteiger partial charge < -0.3 is 10.1 Å². The number of pyridine rings is 1. The van der Waals surface area contributed by atoms with Gasteiger partial charge in [0.05, 0.1) is 6.10 Å². The summed E-state index contributed by atoms with van der Waals surface area (Å²) in [5.74, 6) is 1.08. The monoisotopic (exact) mass is 314 g/mol. The molecule has 23 heavy (non-hydrogen) atoms. The third kappa shape index (κ3) is 3.76. The molecule has 3 rings (SSSR count). The lowest BCUT2D eigenvalue weighted by molar-refractivity contribution is -0.0233. The number of carbonyl (C=O) groups is 1. The standard InChI is InChI=1S/C17H22N4O2/c1-12(2)15-10-14(4-8-23-15)20-17(22)13-3-5-19-16(9-13)21-7-6-18-11-21/h3,5-7,9,11-12,14-15H,4,8,10H2,1-2H3,(H,20,22). The van der Waals surface area contributed by atoms with Crippen molar-refractivity contribution >= 4 is 5.91 Å². The summed E-state index contributed by atoms with van der Waals surface area (Å²) in [5, 5.41) is 3.12. The predicted octanol–water partition coefficient (Wildman–Crippen LogP) is 2.20. The molecule has 1 saturated heterocycles. The number of aromatic nitrogens is 3. The molecule has 1 amide bonds. The van der Waals surface area contributed by atoms with Gasteiger partial charge in [-0.25, -0.2) is 9.97 Å². The van der Waals surface area contributed by atoms with Crippen molar-refractivity contribution in [2.75, 3.05) is 6.61 Å². The van der Waals surface area contributed by atoms with E-state index in [4.69, 9.17) is 4.74 Å². The van der Waals surface area contributed by atoms with Crippen LogP contribution in [-0.4, -0.2) is 39.2 Å². The molecular weight excluding hydrogens is 292 g/mol. The Balaban J connectivity index is 1.68. The Kier molecular flexibility index (Phi) is 4.71. The molecular formula is C17H22N4O2. The van der Waals surface area contributed by atoms with E-state index >= 15 is 0 Å². The van der Waals surface area contributed by atoms with Crippen molar-refractivity contribution < 1.29 is 9.53 Å². The molecule has 122 valence electrons. The van der Waals surface area contributed by atoms with Gasteiger partial charge in [-0.15, -0.1) is 0 Å². The average Bonchev–Trinajstić information content (AvgIpc) is 3.10. The van der Waals surface area contributed by atoms with Crippen LogP contribution >= 0.6 is 0 Å². The minimum absolute atomic E-state index is 0.0665. The van der Waals surface area contributed by atoms with Crippen LogP contribution in [0.15, 0.2) is 37.1 Å². The van der Waals surface area contributed by atoms with Crippen LogP contribution in [0.5, 0.6) is 0 Å². The van der Waals surface area contributed by atoms with Crippen LogP contribution in [0.2, 0.25) is 0 Å². The molecule has 2 aromatic heterocycles. The topological polar surface area (TPSA) is 69.0 Å². The Labute approximate surface area is 135 Å². The first-order valence-electron chi connectivity index (χ1n) is 8.00. The molecule has 6 nitrogen and oxygen atoms in total. The Hall–Kier alpha value is -2.21. The Morgan fingerprint density at radius 2 is 2.30 bits per heavy atom. The lowest BCUT2D eigenvalue weighted by atomic mass is 9.95. The minimum Gasteiger partial charge on any atom is -0.378 e. The molecule has 1 aliphatic heterocycles. The molecule has 1 N–H and O–H groups in total. The van der Waals surface area contributed by atoms with E-state index in [1.54, 1.807) is 41.6 Å². The van der Waals surface area contributed by atoms with Crippen LogP contribution < -0.4 is 5.32 Å². The number of rotatable bonds is 4. The summed E-state index contributed by atoms with van der Waals surface area (Å²) in [6.07, 6.45) is 8.73. The summed E-state index contributed by atoms with van der Waals surface area (Å²) >= 11 is 0. The SMILES string of the molecule is CC(C)C1CC(NC(=O)c2ccnc(-n3ccnc3)c2)CCO1. The summed E-state index contributed by atoms with van der Waals surface area (Å²) in [6, 6.07) is 3.67. The molecule has 0 saturated carbocycles. The highest BCUT2D eigenvalue weighted by Gasteiger charge is 2.26. The minimum atomic E-state index is -0.0665. The van der Waals surface area contributed by atoms with E-state index in [9.17, 15) is 4.79 Å². The molecule has 6 heteroatoms. The number of nitrogens with zero attached hydrogens (tertiary/aromatic N) is 3. The third-order valence-electron chi connectivity index (χ3n) is 4.17. The van der Waals surface area contributed by atoms with Crippen LogP contribution in [-0.2, 0) is 4.74 Å². The Morgan fingerprint density at radius 1 is 1.43 bits per heavy atom. The summed E-state index contributed by atoms with van der Waals surface area (Å²) in [5.41, 5.74) is 0.608. The van der Waals surface area contributed by atoms with Gasteiger partial charge in [0, 0.05) is 36.8 Å². The zero-order chi connectivity index (χ0) is 16.2. The quantitative estimate of drug-likeness (QED) is 0.939. The average molecular weight is 314 g/mol. The summed E-state index contributed by atoms with van der Waals surface area (Å²) in [7, 11) is 0.